The van der Waals surface area contributed by atoms with Crippen molar-refractivity contribution in [2.24, 2.45) is 5.73 Å². The van der Waals surface area contributed by atoms with Gasteiger partial charge in [-0.2, -0.15) is 0 Å². The number of aryl methyl sites for hydroxylation is 1. The van der Waals surface area contributed by atoms with Gasteiger partial charge in [-0.3, -0.25) is 0 Å². The lowest BCUT2D eigenvalue weighted by Gasteiger charge is -2.04. The number of imidazole rings is 1. The summed E-state index contributed by atoms with van der Waals surface area (Å²) in [5, 5.41) is 1.25. The minimum absolute atomic E-state index is 0.131. The van der Waals surface area contributed by atoms with Crippen LogP contribution in [0.25, 0.3) is 22.3 Å². The van der Waals surface area contributed by atoms with Gasteiger partial charge < -0.3 is 15.3 Å². The summed E-state index contributed by atoms with van der Waals surface area (Å²) >= 11 is 0. The third-order valence-electron chi connectivity index (χ3n) is 3.29. The van der Waals surface area contributed by atoms with Crippen LogP contribution in [-0.4, -0.2) is 20.6 Å². The maximum Gasteiger partial charge on any atom is 0.104 e. The molecule has 0 aliphatic rings. The average Bonchev–Trinajstić information content (AvgIpc) is 2.94. The van der Waals surface area contributed by atoms with Crippen molar-refractivity contribution in [3.8, 4) is 11.4 Å². The van der Waals surface area contributed by atoms with Crippen LogP contribution < -0.4 is 5.73 Å². The highest BCUT2D eigenvalue weighted by Gasteiger charge is 2.08. The highest BCUT2D eigenvalue weighted by atomic mass is 15.0. The summed E-state index contributed by atoms with van der Waals surface area (Å²) in [5.41, 5.74) is 10.2. The summed E-state index contributed by atoms with van der Waals surface area (Å²) in [6.45, 7) is 4.90. The van der Waals surface area contributed by atoms with E-state index in [0.717, 1.165) is 23.4 Å². The van der Waals surface area contributed by atoms with E-state index in [-0.39, 0.29) is 6.04 Å². The molecule has 0 amide bonds. The second-order valence-electron chi connectivity index (χ2n) is 5.15. The van der Waals surface area contributed by atoms with Gasteiger partial charge in [0.05, 0.1) is 12.0 Å². The zero-order valence-electron chi connectivity index (χ0n) is 11.2. The molecule has 3 N–H and O–H groups in total. The van der Waals surface area contributed by atoms with Gasteiger partial charge in [0.2, 0.25) is 0 Å². The Labute approximate surface area is 112 Å². The minimum Gasteiger partial charge on any atom is -0.353 e. The zero-order chi connectivity index (χ0) is 13.4. The van der Waals surface area contributed by atoms with Crippen molar-refractivity contribution in [3.63, 3.8) is 0 Å². The normalized spacial score (nSPS) is 13.0. The number of aromatic amines is 1. The molecule has 1 unspecified atom stereocenters. The Morgan fingerprint density at radius 1 is 1.42 bits per heavy atom. The SMILES string of the molecule is Cc1cccc2[nH]c(-c3cn(CC(C)N)cn3)cc12. The molecule has 0 spiro atoms. The molecule has 1 aromatic carbocycles. The molecule has 0 radical (unpaired) electrons. The van der Waals surface area contributed by atoms with Gasteiger partial charge in [-0.25, -0.2) is 4.98 Å². The van der Waals surface area contributed by atoms with E-state index in [1.807, 2.05) is 24.0 Å². The Bertz CT molecular complexity index is 706. The molecule has 0 bridgehead atoms. The van der Waals surface area contributed by atoms with Crippen LogP contribution in [0.3, 0.4) is 0 Å². The van der Waals surface area contributed by atoms with Crippen molar-refractivity contribution in [1.82, 2.24) is 14.5 Å². The number of H-pyrrole nitrogens is 1. The Balaban J connectivity index is 2.00. The van der Waals surface area contributed by atoms with Crippen LogP contribution >= 0.6 is 0 Å². The fraction of sp³-hybridized carbons (Fsp3) is 0.267. The van der Waals surface area contributed by atoms with E-state index in [2.05, 4.69) is 41.2 Å². The van der Waals surface area contributed by atoms with Gasteiger partial charge in [-0.05, 0) is 31.5 Å². The third-order valence-corrected chi connectivity index (χ3v) is 3.29. The lowest BCUT2D eigenvalue weighted by Crippen LogP contribution is -2.21. The number of hydrogen-bond donors (Lipinski definition) is 2. The number of aromatic nitrogens is 3. The van der Waals surface area contributed by atoms with E-state index in [1.165, 1.54) is 10.9 Å². The Morgan fingerprint density at radius 2 is 2.26 bits per heavy atom. The smallest absolute Gasteiger partial charge is 0.104 e. The van der Waals surface area contributed by atoms with Gasteiger partial charge in [0, 0.05) is 29.7 Å². The maximum absolute atomic E-state index is 5.80. The van der Waals surface area contributed by atoms with Crippen LogP contribution in [0.2, 0.25) is 0 Å². The molecule has 4 nitrogen and oxygen atoms in total. The Hall–Kier alpha value is -2.07. The molecule has 0 saturated heterocycles. The molecule has 2 heterocycles. The van der Waals surface area contributed by atoms with E-state index in [9.17, 15) is 0 Å². The van der Waals surface area contributed by atoms with Crippen LogP contribution in [0, 0.1) is 6.92 Å². The van der Waals surface area contributed by atoms with Crippen molar-refractivity contribution >= 4 is 10.9 Å². The first-order chi connectivity index (χ1) is 9.13. The second kappa shape index (κ2) is 4.55. The van der Waals surface area contributed by atoms with E-state index in [1.54, 1.807) is 0 Å². The lowest BCUT2D eigenvalue weighted by molar-refractivity contribution is 0.589. The molecular formula is C15H18N4. The Morgan fingerprint density at radius 3 is 3.00 bits per heavy atom. The van der Waals surface area contributed by atoms with Crippen molar-refractivity contribution in [3.05, 3.63) is 42.4 Å². The molecule has 0 fully saturated rings. The maximum atomic E-state index is 5.80. The molecule has 98 valence electrons. The molecule has 3 rings (SSSR count). The first kappa shape index (κ1) is 12.0. The fourth-order valence-electron chi connectivity index (χ4n) is 2.38. The molecule has 4 heteroatoms. The summed E-state index contributed by atoms with van der Waals surface area (Å²) in [7, 11) is 0. The Kier molecular flexibility index (Phi) is 2.87. The summed E-state index contributed by atoms with van der Waals surface area (Å²) in [6.07, 6.45) is 3.86. The summed E-state index contributed by atoms with van der Waals surface area (Å²) < 4.78 is 2.03. The predicted octanol–water partition coefficient (Wildman–Crippen LogP) is 2.69. The topological polar surface area (TPSA) is 59.6 Å². The van der Waals surface area contributed by atoms with Gasteiger partial charge in [-0.1, -0.05) is 12.1 Å². The largest absolute Gasteiger partial charge is 0.353 e. The number of benzene rings is 1. The monoisotopic (exact) mass is 254 g/mol. The van der Waals surface area contributed by atoms with Crippen molar-refractivity contribution in [2.45, 2.75) is 26.4 Å². The highest BCUT2D eigenvalue weighted by molar-refractivity contribution is 5.87. The molecule has 2 aromatic heterocycles. The summed E-state index contributed by atoms with van der Waals surface area (Å²) in [6, 6.07) is 8.56. The van der Waals surface area contributed by atoms with Crippen molar-refractivity contribution < 1.29 is 0 Å². The van der Waals surface area contributed by atoms with Gasteiger partial charge in [-0.15, -0.1) is 0 Å². The van der Waals surface area contributed by atoms with Crippen molar-refractivity contribution in [1.29, 1.82) is 0 Å². The highest BCUT2D eigenvalue weighted by Crippen LogP contribution is 2.25. The van der Waals surface area contributed by atoms with E-state index >= 15 is 0 Å². The van der Waals surface area contributed by atoms with Crippen molar-refractivity contribution in [2.75, 3.05) is 0 Å². The van der Waals surface area contributed by atoms with E-state index in [4.69, 9.17) is 5.73 Å². The number of nitrogens with two attached hydrogens (primary N) is 1. The number of nitrogens with zero attached hydrogens (tertiary/aromatic N) is 2. The van der Waals surface area contributed by atoms with Crippen LogP contribution in [0.5, 0.6) is 0 Å². The van der Waals surface area contributed by atoms with Gasteiger partial charge in [0.25, 0.3) is 0 Å². The summed E-state index contributed by atoms with van der Waals surface area (Å²) in [5.74, 6) is 0. The first-order valence-corrected chi connectivity index (χ1v) is 6.49. The average molecular weight is 254 g/mol. The van der Waals surface area contributed by atoms with Crippen LogP contribution in [-0.2, 0) is 6.54 Å². The predicted molar refractivity (Wildman–Crippen MR) is 77.9 cm³/mol. The quantitative estimate of drug-likeness (QED) is 0.755. The fourth-order valence-corrected chi connectivity index (χ4v) is 2.38. The minimum atomic E-state index is 0.131. The van der Waals surface area contributed by atoms with Gasteiger partial charge >= 0.3 is 0 Å². The number of hydrogen-bond acceptors (Lipinski definition) is 2. The number of nitrogens with one attached hydrogen (secondary N) is 1. The molecule has 0 aliphatic heterocycles. The molecule has 1 atom stereocenters. The molecule has 0 aliphatic carbocycles. The molecule has 0 saturated carbocycles. The summed E-state index contributed by atoms with van der Waals surface area (Å²) in [4.78, 5) is 7.85. The third kappa shape index (κ3) is 2.27. The van der Waals surface area contributed by atoms with Gasteiger partial charge in [0.15, 0.2) is 0 Å². The molecular weight excluding hydrogens is 236 g/mol. The second-order valence-corrected chi connectivity index (χ2v) is 5.15. The van der Waals surface area contributed by atoms with E-state index in [0.29, 0.717) is 0 Å². The number of rotatable bonds is 3. The van der Waals surface area contributed by atoms with Crippen LogP contribution in [0.15, 0.2) is 36.8 Å². The first-order valence-electron chi connectivity index (χ1n) is 6.49. The van der Waals surface area contributed by atoms with E-state index < -0.39 is 0 Å². The lowest BCUT2D eigenvalue weighted by atomic mass is 10.1. The van der Waals surface area contributed by atoms with Crippen LogP contribution in [0.1, 0.15) is 12.5 Å². The van der Waals surface area contributed by atoms with Crippen LogP contribution in [0.4, 0.5) is 0 Å². The molecule has 19 heavy (non-hydrogen) atoms. The molecule has 3 aromatic rings. The van der Waals surface area contributed by atoms with Gasteiger partial charge in [0.1, 0.15) is 5.69 Å². The number of fused-ring (bicyclic) bond motifs is 1. The standard InChI is InChI=1S/C15H18N4/c1-10-4-3-5-13-12(10)6-14(18-13)15-8-19(9-17-15)7-11(2)16/h3-6,8-9,11,18H,7,16H2,1-2H3. The zero-order valence-corrected chi connectivity index (χ0v) is 11.2.